The Hall–Kier alpha value is -3.48. The first kappa shape index (κ1) is 20.8. The van der Waals surface area contributed by atoms with Gasteiger partial charge in [0.1, 0.15) is 11.5 Å². The molecule has 0 saturated carbocycles. The number of aliphatic hydroxyl groups is 1. The van der Waals surface area contributed by atoms with E-state index in [4.69, 9.17) is 14.2 Å². The van der Waals surface area contributed by atoms with Crippen LogP contribution in [0, 0.1) is 0 Å². The summed E-state index contributed by atoms with van der Waals surface area (Å²) < 4.78 is 16.2. The van der Waals surface area contributed by atoms with Crippen molar-refractivity contribution in [3.8, 4) is 17.2 Å². The van der Waals surface area contributed by atoms with Crippen molar-refractivity contribution in [2.45, 2.75) is 32.7 Å². The lowest BCUT2D eigenvalue weighted by Gasteiger charge is -2.25. The van der Waals surface area contributed by atoms with Crippen molar-refractivity contribution in [2.75, 3.05) is 19.9 Å². The number of unbranched alkanes of at least 4 members (excludes halogenated alkanes) is 1. The zero-order valence-corrected chi connectivity index (χ0v) is 17.6. The van der Waals surface area contributed by atoms with Gasteiger partial charge in [0.05, 0.1) is 18.2 Å². The van der Waals surface area contributed by atoms with Crippen LogP contribution in [0.3, 0.4) is 0 Å². The van der Waals surface area contributed by atoms with E-state index in [2.05, 4.69) is 0 Å². The van der Waals surface area contributed by atoms with E-state index in [1.54, 1.807) is 35.2 Å². The summed E-state index contributed by atoms with van der Waals surface area (Å²) in [4.78, 5) is 27.4. The minimum atomic E-state index is -0.690. The van der Waals surface area contributed by atoms with Crippen molar-refractivity contribution in [1.82, 2.24) is 4.90 Å². The minimum absolute atomic E-state index is 0.0733. The number of carbonyl (C=O) groups excluding carboxylic acids is 2. The Bertz CT molecular complexity index is 1030. The molecule has 162 valence electrons. The summed E-state index contributed by atoms with van der Waals surface area (Å²) in [5, 5.41) is 11.1. The van der Waals surface area contributed by atoms with Crippen LogP contribution < -0.4 is 14.2 Å². The molecule has 2 heterocycles. The second-order valence-corrected chi connectivity index (χ2v) is 7.42. The van der Waals surface area contributed by atoms with Crippen molar-refractivity contribution >= 4 is 17.4 Å². The van der Waals surface area contributed by atoms with E-state index in [-0.39, 0.29) is 18.1 Å². The standard InChI is InChI=1S/C24H25NO6/c1-3-5-12-25-21(15-6-9-17(10-7-15)29-4-2)20(23(27)24(25)28)22(26)16-8-11-18-19(13-16)31-14-30-18/h6-11,13,21,26H,3-5,12,14H2,1-2H3/b22-20-. The van der Waals surface area contributed by atoms with Crippen LogP contribution in [0.2, 0.25) is 0 Å². The second-order valence-electron chi connectivity index (χ2n) is 7.42. The lowest BCUT2D eigenvalue weighted by Crippen LogP contribution is -2.30. The number of ether oxygens (including phenoxy) is 3. The molecule has 0 bridgehead atoms. The average Bonchev–Trinajstić information content (AvgIpc) is 3.35. The molecular weight excluding hydrogens is 398 g/mol. The van der Waals surface area contributed by atoms with Crippen molar-refractivity contribution < 1.29 is 28.9 Å². The summed E-state index contributed by atoms with van der Waals surface area (Å²) >= 11 is 0. The number of hydrogen-bond donors (Lipinski definition) is 1. The highest BCUT2D eigenvalue weighted by molar-refractivity contribution is 6.46. The molecule has 0 radical (unpaired) electrons. The van der Waals surface area contributed by atoms with Gasteiger partial charge in [-0.25, -0.2) is 0 Å². The first-order chi connectivity index (χ1) is 15.0. The van der Waals surface area contributed by atoms with Gasteiger partial charge in [-0.3, -0.25) is 9.59 Å². The highest BCUT2D eigenvalue weighted by atomic mass is 16.7. The van der Waals surface area contributed by atoms with Crippen LogP contribution in [0.25, 0.3) is 5.76 Å². The van der Waals surface area contributed by atoms with Gasteiger partial charge in [-0.15, -0.1) is 0 Å². The first-order valence-corrected chi connectivity index (χ1v) is 10.5. The van der Waals surface area contributed by atoms with E-state index >= 15 is 0 Å². The molecule has 2 aromatic rings. The number of aliphatic hydroxyl groups excluding tert-OH is 1. The Balaban J connectivity index is 1.80. The Kier molecular flexibility index (Phi) is 5.84. The molecule has 1 atom stereocenters. The normalized spacial score (nSPS) is 19.2. The van der Waals surface area contributed by atoms with E-state index in [9.17, 15) is 14.7 Å². The van der Waals surface area contributed by atoms with Gasteiger partial charge < -0.3 is 24.2 Å². The van der Waals surface area contributed by atoms with Crippen molar-refractivity contribution in [2.24, 2.45) is 0 Å². The summed E-state index contributed by atoms with van der Waals surface area (Å²) in [5.74, 6) is 0.242. The van der Waals surface area contributed by atoms with Crippen LogP contribution in [0.1, 0.15) is 43.9 Å². The van der Waals surface area contributed by atoms with E-state index in [1.807, 2.05) is 26.0 Å². The van der Waals surface area contributed by atoms with E-state index in [0.29, 0.717) is 36.0 Å². The predicted octanol–water partition coefficient (Wildman–Crippen LogP) is 4.04. The number of nitrogens with zero attached hydrogens (tertiary/aromatic N) is 1. The molecule has 31 heavy (non-hydrogen) atoms. The number of Topliss-reactive ketones (excluding diaryl/α,β-unsaturated/α-hetero) is 1. The van der Waals surface area contributed by atoms with Gasteiger partial charge in [-0.05, 0) is 49.2 Å². The number of carbonyl (C=O) groups is 2. The quantitative estimate of drug-likeness (QED) is 0.411. The maximum Gasteiger partial charge on any atom is 0.295 e. The maximum atomic E-state index is 13.0. The Morgan fingerprint density at radius 3 is 2.55 bits per heavy atom. The van der Waals surface area contributed by atoms with Gasteiger partial charge in [0.2, 0.25) is 6.79 Å². The number of likely N-dealkylation sites (tertiary alicyclic amines) is 1. The summed E-state index contributed by atoms with van der Waals surface area (Å²) in [6.45, 7) is 5.00. The zero-order chi connectivity index (χ0) is 22.0. The van der Waals surface area contributed by atoms with Gasteiger partial charge in [0, 0.05) is 12.1 Å². The number of rotatable bonds is 7. The average molecular weight is 423 g/mol. The lowest BCUT2D eigenvalue weighted by molar-refractivity contribution is -0.139. The molecule has 1 amide bonds. The van der Waals surface area contributed by atoms with Crippen LogP contribution in [-0.4, -0.2) is 41.6 Å². The molecule has 4 rings (SSSR count). The monoisotopic (exact) mass is 423 g/mol. The molecule has 1 fully saturated rings. The summed E-state index contributed by atoms with van der Waals surface area (Å²) in [7, 11) is 0. The van der Waals surface area contributed by atoms with Crippen molar-refractivity contribution in [3.05, 3.63) is 59.2 Å². The summed E-state index contributed by atoms with van der Waals surface area (Å²) in [6, 6.07) is 11.5. The van der Waals surface area contributed by atoms with Gasteiger partial charge in [-0.2, -0.15) is 0 Å². The predicted molar refractivity (Wildman–Crippen MR) is 114 cm³/mol. The third-order valence-electron chi connectivity index (χ3n) is 5.45. The second kappa shape index (κ2) is 8.71. The van der Waals surface area contributed by atoms with Crippen LogP contribution in [-0.2, 0) is 9.59 Å². The third kappa shape index (κ3) is 3.83. The highest BCUT2D eigenvalue weighted by Gasteiger charge is 2.45. The molecule has 1 unspecified atom stereocenters. The number of amides is 1. The number of ketones is 1. The van der Waals surface area contributed by atoms with Crippen LogP contribution in [0.4, 0.5) is 0 Å². The summed E-state index contributed by atoms with van der Waals surface area (Å²) in [5.41, 5.74) is 1.21. The van der Waals surface area contributed by atoms with Crippen LogP contribution in [0.5, 0.6) is 17.2 Å². The SMILES string of the molecule is CCCCN1C(=O)C(=O)/C(=C(\O)c2ccc3c(c2)OCO3)C1c1ccc(OCC)cc1. The molecule has 2 aromatic carbocycles. The number of benzene rings is 2. The van der Waals surface area contributed by atoms with Gasteiger partial charge in [0.15, 0.2) is 11.5 Å². The van der Waals surface area contributed by atoms with Crippen molar-refractivity contribution in [1.29, 1.82) is 0 Å². The molecule has 7 nitrogen and oxygen atoms in total. The summed E-state index contributed by atoms with van der Waals surface area (Å²) in [6.07, 6.45) is 1.63. The Labute approximate surface area is 180 Å². The molecular formula is C24H25NO6. The van der Waals surface area contributed by atoms with Crippen molar-refractivity contribution in [3.63, 3.8) is 0 Å². The number of fused-ring (bicyclic) bond motifs is 1. The fourth-order valence-corrected chi connectivity index (χ4v) is 3.90. The Morgan fingerprint density at radius 2 is 1.84 bits per heavy atom. The lowest BCUT2D eigenvalue weighted by atomic mass is 9.95. The Morgan fingerprint density at radius 1 is 1.10 bits per heavy atom. The van der Waals surface area contributed by atoms with Crippen LogP contribution in [0.15, 0.2) is 48.0 Å². The molecule has 2 aliphatic rings. The van der Waals surface area contributed by atoms with Crippen LogP contribution >= 0.6 is 0 Å². The van der Waals surface area contributed by atoms with E-state index in [1.165, 1.54) is 0 Å². The fourth-order valence-electron chi connectivity index (χ4n) is 3.90. The highest BCUT2D eigenvalue weighted by Crippen LogP contribution is 2.41. The van der Waals surface area contributed by atoms with E-state index in [0.717, 1.165) is 18.4 Å². The smallest absolute Gasteiger partial charge is 0.295 e. The number of hydrogen-bond acceptors (Lipinski definition) is 6. The molecule has 1 saturated heterocycles. The molecule has 0 aromatic heterocycles. The largest absolute Gasteiger partial charge is 0.507 e. The van der Waals surface area contributed by atoms with Gasteiger partial charge in [0.25, 0.3) is 11.7 Å². The molecule has 2 aliphatic heterocycles. The molecule has 7 heteroatoms. The molecule has 1 N–H and O–H groups in total. The van der Waals surface area contributed by atoms with E-state index < -0.39 is 17.7 Å². The topological polar surface area (TPSA) is 85.3 Å². The zero-order valence-electron chi connectivity index (χ0n) is 17.6. The molecule has 0 aliphatic carbocycles. The minimum Gasteiger partial charge on any atom is -0.507 e. The first-order valence-electron chi connectivity index (χ1n) is 10.5. The van der Waals surface area contributed by atoms with Gasteiger partial charge >= 0.3 is 0 Å². The van der Waals surface area contributed by atoms with Gasteiger partial charge in [-0.1, -0.05) is 25.5 Å². The molecule has 0 spiro atoms. The maximum absolute atomic E-state index is 13.0. The fraction of sp³-hybridized carbons (Fsp3) is 0.333. The third-order valence-corrected chi connectivity index (χ3v) is 5.45.